The van der Waals surface area contributed by atoms with Crippen molar-refractivity contribution >= 4 is 9.73 Å². The van der Waals surface area contributed by atoms with Gasteiger partial charge in [0.15, 0.2) is 0 Å². The molecule has 15 heavy (non-hydrogen) atoms. The number of hydrogen-bond acceptors (Lipinski definition) is 3. The highest BCUT2D eigenvalue weighted by Gasteiger charge is 2.31. The van der Waals surface area contributed by atoms with Crippen molar-refractivity contribution in [3.05, 3.63) is 23.5 Å². The summed E-state index contributed by atoms with van der Waals surface area (Å²) in [4.78, 5) is 5.02. The monoisotopic (exact) mass is 224 g/mol. The molecule has 3 nitrogen and oxygen atoms in total. The molecule has 1 aromatic rings. The Morgan fingerprint density at radius 2 is 2.13 bits per heavy atom. The zero-order valence-electron chi connectivity index (χ0n) is 9.33. The molecule has 1 N–H and O–H groups in total. The molecule has 4 heteroatoms. The predicted octanol–water partition coefficient (Wildman–Crippen LogP) is 2.34. The van der Waals surface area contributed by atoms with Crippen molar-refractivity contribution in [3.63, 3.8) is 0 Å². The van der Waals surface area contributed by atoms with Crippen LogP contribution in [0.4, 0.5) is 0 Å². The fourth-order valence-electron chi connectivity index (χ4n) is 1.94. The van der Waals surface area contributed by atoms with Crippen LogP contribution in [0.15, 0.2) is 17.2 Å². The lowest BCUT2D eigenvalue weighted by Crippen LogP contribution is -2.17. The first-order valence-electron chi connectivity index (χ1n) is 5.07. The zero-order chi connectivity index (χ0) is 11.3. The van der Waals surface area contributed by atoms with E-state index in [4.69, 9.17) is 4.78 Å². The van der Waals surface area contributed by atoms with Crippen molar-refractivity contribution in [2.24, 2.45) is 0 Å². The van der Waals surface area contributed by atoms with Crippen molar-refractivity contribution in [2.45, 2.75) is 37.5 Å². The first-order valence-corrected chi connectivity index (χ1v) is 6.80. The number of nitrogens with one attached hydrogen (secondary N) is 1. The summed E-state index contributed by atoms with van der Waals surface area (Å²) in [6.45, 7) is 6.14. The van der Waals surface area contributed by atoms with Crippen molar-refractivity contribution < 1.29 is 4.21 Å². The number of nitrogens with zero attached hydrogens (tertiary/aromatic N) is 1. The van der Waals surface area contributed by atoms with Gasteiger partial charge in [-0.1, -0.05) is 20.8 Å². The van der Waals surface area contributed by atoms with Crippen molar-refractivity contribution in [3.8, 4) is 0 Å². The molecule has 2 heterocycles. The Balaban J connectivity index is 2.76. The Morgan fingerprint density at radius 3 is 2.73 bits per heavy atom. The number of fused-ring (bicyclic) bond motifs is 1. The van der Waals surface area contributed by atoms with Crippen molar-refractivity contribution in [1.29, 1.82) is 4.78 Å². The number of aromatic nitrogens is 1. The summed E-state index contributed by atoms with van der Waals surface area (Å²) in [7, 11) is -2.58. The van der Waals surface area contributed by atoms with E-state index < -0.39 is 9.73 Å². The van der Waals surface area contributed by atoms with Gasteiger partial charge in [0.2, 0.25) is 0 Å². The second-order valence-electron chi connectivity index (χ2n) is 5.03. The van der Waals surface area contributed by atoms with Gasteiger partial charge in [-0.25, -0.2) is 8.99 Å². The molecule has 1 aliphatic rings. The van der Waals surface area contributed by atoms with E-state index in [-0.39, 0.29) is 5.41 Å². The molecule has 1 atom stereocenters. The summed E-state index contributed by atoms with van der Waals surface area (Å²) < 4.78 is 20.0. The van der Waals surface area contributed by atoms with Crippen LogP contribution in [-0.4, -0.2) is 14.9 Å². The van der Waals surface area contributed by atoms with Gasteiger partial charge in [0.1, 0.15) is 0 Å². The average molecular weight is 224 g/mol. The lowest BCUT2D eigenvalue weighted by Gasteiger charge is -2.21. The van der Waals surface area contributed by atoms with Gasteiger partial charge < -0.3 is 0 Å². The van der Waals surface area contributed by atoms with Crippen molar-refractivity contribution in [1.82, 2.24) is 4.98 Å². The Labute approximate surface area is 90.9 Å². The first-order chi connectivity index (χ1) is 6.82. The van der Waals surface area contributed by atoms with Gasteiger partial charge in [-0.3, -0.25) is 4.98 Å². The fourth-order valence-corrected chi connectivity index (χ4v) is 3.92. The second-order valence-corrected chi connectivity index (χ2v) is 7.19. The smallest absolute Gasteiger partial charge is 0.0750 e. The van der Waals surface area contributed by atoms with E-state index >= 15 is 0 Å². The topological polar surface area (TPSA) is 53.8 Å². The standard InChI is InChI=1S/C11H16N2OS/c1-11(2,3)10-9-8(4-6-13-10)5-7-15(9,12)14/h4,6,12H,5,7H2,1-3H3. The third-order valence-corrected chi connectivity index (χ3v) is 4.58. The van der Waals surface area contributed by atoms with Gasteiger partial charge in [-0.05, 0) is 18.1 Å². The van der Waals surface area contributed by atoms with E-state index in [1.54, 1.807) is 6.20 Å². The third kappa shape index (κ3) is 1.67. The predicted molar refractivity (Wildman–Crippen MR) is 60.6 cm³/mol. The summed E-state index contributed by atoms with van der Waals surface area (Å²) in [5.41, 5.74) is 1.74. The maximum atomic E-state index is 12.1. The number of aryl methyl sites for hydroxylation is 1. The molecule has 82 valence electrons. The molecule has 2 rings (SSSR count). The van der Waals surface area contributed by atoms with Gasteiger partial charge in [0, 0.05) is 17.4 Å². The molecule has 0 amide bonds. The molecular formula is C11H16N2OS. The molecule has 1 aromatic heterocycles. The molecule has 0 aliphatic carbocycles. The highest BCUT2D eigenvalue weighted by Crippen LogP contribution is 2.34. The molecular weight excluding hydrogens is 208 g/mol. The second kappa shape index (κ2) is 3.04. The average Bonchev–Trinajstić information content (AvgIpc) is 2.41. The van der Waals surface area contributed by atoms with Crippen LogP contribution in [0.3, 0.4) is 0 Å². The number of hydrogen-bond donors (Lipinski definition) is 1. The van der Waals surface area contributed by atoms with Crippen LogP contribution in [0.25, 0.3) is 0 Å². The van der Waals surface area contributed by atoms with E-state index in [0.29, 0.717) is 10.6 Å². The third-order valence-electron chi connectivity index (χ3n) is 2.69. The maximum Gasteiger partial charge on any atom is 0.0750 e. The Hall–Kier alpha value is -0.900. The molecule has 1 aliphatic heterocycles. The minimum absolute atomic E-state index is 0.139. The van der Waals surface area contributed by atoms with E-state index in [0.717, 1.165) is 17.7 Å². The number of pyridine rings is 1. The molecule has 0 spiro atoms. The van der Waals surface area contributed by atoms with Crippen molar-refractivity contribution in [2.75, 3.05) is 5.75 Å². The van der Waals surface area contributed by atoms with E-state index in [2.05, 4.69) is 4.98 Å². The molecule has 0 radical (unpaired) electrons. The van der Waals surface area contributed by atoms with Gasteiger partial charge in [0.05, 0.1) is 20.3 Å². The molecule has 0 saturated carbocycles. The summed E-state index contributed by atoms with van der Waals surface area (Å²) in [5, 5.41) is 0. The summed E-state index contributed by atoms with van der Waals surface area (Å²) in [6, 6.07) is 1.89. The SMILES string of the molecule is CC(C)(C)c1nccc2c1S(=N)(=O)CC2. The van der Waals surface area contributed by atoms with Crippen LogP contribution in [0, 0.1) is 4.78 Å². The summed E-state index contributed by atoms with van der Waals surface area (Å²) >= 11 is 0. The van der Waals surface area contributed by atoms with Crippen LogP contribution in [-0.2, 0) is 21.6 Å². The van der Waals surface area contributed by atoms with Crippen LogP contribution in [0.5, 0.6) is 0 Å². The Kier molecular flexibility index (Phi) is 2.15. The zero-order valence-corrected chi connectivity index (χ0v) is 10.1. The van der Waals surface area contributed by atoms with E-state index in [9.17, 15) is 4.21 Å². The minimum atomic E-state index is -2.58. The molecule has 0 fully saturated rings. The van der Waals surface area contributed by atoms with Crippen LogP contribution < -0.4 is 0 Å². The van der Waals surface area contributed by atoms with E-state index in [1.807, 2.05) is 26.8 Å². The summed E-state index contributed by atoms with van der Waals surface area (Å²) in [6.07, 6.45) is 2.52. The molecule has 0 bridgehead atoms. The molecule has 1 unspecified atom stereocenters. The first kappa shape index (κ1) is 10.6. The Bertz CT molecular complexity index is 498. The Morgan fingerprint density at radius 1 is 1.47 bits per heavy atom. The lowest BCUT2D eigenvalue weighted by atomic mass is 9.90. The van der Waals surface area contributed by atoms with Crippen LogP contribution in [0.2, 0.25) is 0 Å². The lowest BCUT2D eigenvalue weighted by molar-refractivity contribution is 0.551. The van der Waals surface area contributed by atoms with Gasteiger partial charge in [-0.2, -0.15) is 0 Å². The quantitative estimate of drug-likeness (QED) is 0.735. The normalized spacial score (nSPS) is 25.3. The highest BCUT2D eigenvalue weighted by atomic mass is 32.2. The van der Waals surface area contributed by atoms with Crippen LogP contribution >= 0.6 is 0 Å². The molecule has 0 aromatic carbocycles. The summed E-state index contributed by atoms with van der Waals surface area (Å²) in [5.74, 6) is 0.455. The molecule has 0 saturated heterocycles. The number of rotatable bonds is 0. The van der Waals surface area contributed by atoms with Gasteiger partial charge in [-0.15, -0.1) is 0 Å². The van der Waals surface area contributed by atoms with Gasteiger partial charge in [0.25, 0.3) is 0 Å². The minimum Gasteiger partial charge on any atom is -0.259 e. The fraction of sp³-hybridized carbons (Fsp3) is 0.545. The van der Waals surface area contributed by atoms with Crippen LogP contribution in [0.1, 0.15) is 32.0 Å². The highest BCUT2D eigenvalue weighted by molar-refractivity contribution is 7.92. The van der Waals surface area contributed by atoms with E-state index in [1.165, 1.54) is 0 Å². The largest absolute Gasteiger partial charge is 0.259 e. The maximum absolute atomic E-state index is 12.1. The van der Waals surface area contributed by atoms with Gasteiger partial charge >= 0.3 is 0 Å².